The monoisotopic (exact) mass is 179 g/mol. The van der Waals surface area contributed by atoms with Crippen LogP contribution in [0.25, 0.3) is 0 Å². The first-order chi connectivity index (χ1) is 6.20. The highest BCUT2D eigenvalue weighted by molar-refractivity contribution is 5.40. The molecule has 0 amide bonds. The lowest BCUT2D eigenvalue weighted by Crippen LogP contribution is -2.25. The van der Waals surface area contributed by atoms with E-state index in [1.54, 1.807) is 0 Å². The van der Waals surface area contributed by atoms with Gasteiger partial charge in [0, 0.05) is 6.54 Å². The Bertz CT molecular complexity index is 344. The van der Waals surface area contributed by atoms with Gasteiger partial charge in [-0.1, -0.05) is 6.07 Å². The minimum Gasteiger partial charge on any atom is -0.312 e. The highest BCUT2D eigenvalue weighted by Gasteiger charge is 2.16. The van der Waals surface area contributed by atoms with Gasteiger partial charge in [-0.2, -0.15) is 0 Å². The SMILES string of the molecule is Cc1cc(C)c2c(c1F)CCNC2. The van der Waals surface area contributed by atoms with Gasteiger partial charge in [0.1, 0.15) is 5.82 Å². The Balaban J connectivity index is 2.63. The van der Waals surface area contributed by atoms with Gasteiger partial charge in [-0.05, 0) is 49.1 Å². The summed E-state index contributed by atoms with van der Waals surface area (Å²) >= 11 is 0. The molecule has 1 aliphatic heterocycles. The molecule has 1 aromatic carbocycles. The molecule has 2 rings (SSSR count). The summed E-state index contributed by atoms with van der Waals surface area (Å²) in [7, 11) is 0. The number of hydrogen-bond acceptors (Lipinski definition) is 1. The van der Waals surface area contributed by atoms with Crippen LogP contribution in [0.1, 0.15) is 22.3 Å². The summed E-state index contributed by atoms with van der Waals surface area (Å²) in [6, 6.07) is 1.93. The van der Waals surface area contributed by atoms with Gasteiger partial charge in [0.05, 0.1) is 0 Å². The first kappa shape index (κ1) is 8.70. The van der Waals surface area contributed by atoms with Crippen molar-refractivity contribution in [3.05, 3.63) is 34.1 Å². The van der Waals surface area contributed by atoms with Gasteiger partial charge in [-0.25, -0.2) is 4.39 Å². The minimum absolute atomic E-state index is 0.00194. The molecule has 1 aromatic rings. The largest absolute Gasteiger partial charge is 0.312 e. The molecule has 0 atom stereocenters. The summed E-state index contributed by atoms with van der Waals surface area (Å²) in [6.45, 7) is 5.61. The molecule has 0 bridgehead atoms. The van der Waals surface area contributed by atoms with Crippen LogP contribution < -0.4 is 5.32 Å². The van der Waals surface area contributed by atoms with Crippen LogP contribution in [0, 0.1) is 19.7 Å². The van der Waals surface area contributed by atoms with Gasteiger partial charge in [0.2, 0.25) is 0 Å². The van der Waals surface area contributed by atoms with Gasteiger partial charge in [-0.3, -0.25) is 0 Å². The average Bonchev–Trinajstić information content (AvgIpc) is 2.15. The highest BCUT2D eigenvalue weighted by Crippen LogP contribution is 2.23. The zero-order valence-electron chi connectivity index (χ0n) is 8.08. The second-order valence-electron chi connectivity index (χ2n) is 3.71. The number of hydrogen-bond donors (Lipinski definition) is 1. The third-order valence-corrected chi connectivity index (χ3v) is 2.74. The highest BCUT2D eigenvalue weighted by atomic mass is 19.1. The lowest BCUT2D eigenvalue weighted by molar-refractivity contribution is 0.561. The Kier molecular flexibility index (Phi) is 2.08. The Hall–Kier alpha value is -0.890. The molecule has 0 radical (unpaired) electrons. The fourth-order valence-corrected chi connectivity index (χ4v) is 2.02. The molecule has 0 saturated carbocycles. The van der Waals surface area contributed by atoms with E-state index in [2.05, 4.69) is 12.2 Å². The maximum Gasteiger partial charge on any atom is 0.129 e. The van der Waals surface area contributed by atoms with Gasteiger partial charge in [0.15, 0.2) is 0 Å². The smallest absolute Gasteiger partial charge is 0.129 e. The van der Waals surface area contributed by atoms with Crippen LogP contribution in [-0.2, 0) is 13.0 Å². The van der Waals surface area contributed by atoms with Gasteiger partial charge in [-0.15, -0.1) is 0 Å². The first-order valence-corrected chi connectivity index (χ1v) is 4.68. The van der Waals surface area contributed by atoms with Gasteiger partial charge in [0.25, 0.3) is 0 Å². The summed E-state index contributed by atoms with van der Waals surface area (Å²) in [6.07, 6.45) is 0.823. The minimum atomic E-state index is 0.00194. The predicted molar refractivity (Wildman–Crippen MR) is 51.3 cm³/mol. The molecule has 0 saturated heterocycles. The maximum absolute atomic E-state index is 13.6. The number of rotatable bonds is 0. The van der Waals surface area contributed by atoms with E-state index in [-0.39, 0.29) is 5.82 Å². The quantitative estimate of drug-likeness (QED) is 0.643. The summed E-state index contributed by atoms with van der Waals surface area (Å²) in [4.78, 5) is 0. The topological polar surface area (TPSA) is 12.0 Å². The molecular formula is C11H14FN. The molecule has 1 nitrogen and oxygen atoms in total. The number of aryl methyl sites for hydroxylation is 2. The van der Waals surface area contributed by atoms with Crippen LogP contribution in [-0.4, -0.2) is 6.54 Å². The zero-order valence-corrected chi connectivity index (χ0v) is 8.08. The van der Waals surface area contributed by atoms with Crippen molar-refractivity contribution < 1.29 is 4.39 Å². The van der Waals surface area contributed by atoms with Crippen LogP contribution in [0.4, 0.5) is 4.39 Å². The summed E-state index contributed by atoms with van der Waals surface area (Å²) in [5.41, 5.74) is 4.07. The van der Waals surface area contributed by atoms with E-state index in [0.717, 1.165) is 36.2 Å². The van der Waals surface area contributed by atoms with Gasteiger partial charge >= 0.3 is 0 Å². The normalized spacial score (nSPS) is 15.6. The van der Waals surface area contributed by atoms with Crippen molar-refractivity contribution >= 4 is 0 Å². The van der Waals surface area contributed by atoms with E-state index in [0.29, 0.717) is 0 Å². The van der Waals surface area contributed by atoms with E-state index in [1.165, 1.54) is 5.56 Å². The Morgan fingerprint density at radius 3 is 2.77 bits per heavy atom. The third kappa shape index (κ3) is 1.35. The predicted octanol–water partition coefficient (Wildman–Crippen LogP) is 2.09. The molecule has 1 N–H and O–H groups in total. The van der Waals surface area contributed by atoms with E-state index in [4.69, 9.17) is 0 Å². The summed E-state index contributed by atoms with van der Waals surface area (Å²) in [5, 5.41) is 3.26. The van der Waals surface area contributed by atoms with Crippen LogP contribution in [0.5, 0.6) is 0 Å². The number of halogens is 1. The Morgan fingerprint density at radius 2 is 2.00 bits per heavy atom. The molecule has 0 spiro atoms. The molecule has 1 heterocycles. The van der Waals surface area contributed by atoms with Crippen molar-refractivity contribution in [3.8, 4) is 0 Å². The molecule has 0 aliphatic carbocycles. The van der Waals surface area contributed by atoms with E-state index >= 15 is 0 Å². The Morgan fingerprint density at radius 1 is 1.23 bits per heavy atom. The maximum atomic E-state index is 13.6. The summed E-state index contributed by atoms with van der Waals surface area (Å²) < 4.78 is 13.6. The molecule has 0 aromatic heterocycles. The van der Waals surface area contributed by atoms with Crippen molar-refractivity contribution in [3.63, 3.8) is 0 Å². The first-order valence-electron chi connectivity index (χ1n) is 4.68. The van der Waals surface area contributed by atoms with E-state index < -0.39 is 0 Å². The standard InChI is InChI=1S/C11H14FN/c1-7-5-8(2)11(12)9-3-4-13-6-10(7)9/h5,13H,3-4,6H2,1-2H3. The van der Waals surface area contributed by atoms with Crippen LogP contribution in [0.3, 0.4) is 0 Å². The summed E-state index contributed by atoms with van der Waals surface area (Å²) in [5.74, 6) is 0.00194. The van der Waals surface area contributed by atoms with Crippen LogP contribution in [0.15, 0.2) is 6.07 Å². The van der Waals surface area contributed by atoms with Crippen molar-refractivity contribution in [2.45, 2.75) is 26.8 Å². The molecule has 70 valence electrons. The Labute approximate surface area is 78.0 Å². The molecule has 1 aliphatic rings. The van der Waals surface area contributed by atoms with E-state index in [9.17, 15) is 4.39 Å². The van der Waals surface area contributed by atoms with Crippen LogP contribution >= 0.6 is 0 Å². The van der Waals surface area contributed by atoms with Crippen molar-refractivity contribution in [1.29, 1.82) is 0 Å². The van der Waals surface area contributed by atoms with Crippen molar-refractivity contribution in [2.75, 3.05) is 6.54 Å². The molecule has 0 unspecified atom stereocenters. The third-order valence-electron chi connectivity index (χ3n) is 2.74. The van der Waals surface area contributed by atoms with Crippen molar-refractivity contribution in [2.24, 2.45) is 0 Å². The van der Waals surface area contributed by atoms with Crippen LogP contribution in [0.2, 0.25) is 0 Å². The lowest BCUT2D eigenvalue weighted by Gasteiger charge is -2.20. The molecule has 13 heavy (non-hydrogen) atoms. The van der Waals surface area contributed by atoms with E-state index in [1.807, 2.05) is 13.0 Å². The number of benzene rings is 1. The fraction of sp³-hybridized carbons (Fsp3) is 0.455. The second-order valence-corrected chi connectivity index (χ2v) is 3.71. The lowest BCUT2D eigenvalue weighted by atomic mass is 9.93. The zero-order chi connectivity index (χ0) is 9.42. The number of nitrogens with one attached hydrogen (secondary N) is 1. The molecule has 0 fully saturated rings. The molecular weight excluding hydrogens is 165 g/mol. The van der Waals surface area contributed by atoms with Gasteiger partial charge < -0.3 is 5.32 Å². The average molecular weight is 179 g/mol. The number of fused-ring (bicyclic) bond motifs is 1. The second kappa shape index (κ2) is 3.11. The molecule has 2 heteroatoms. The van der Waals surface area contributed by atoms with Crippen molar-refractivity contribution in [1.82, 2.24) is 5.32 Å². The fourth-order valence-electron chi connectivity index (χ4n) is 2.02.